The van der Waals surface area contributed by atoms with Crippen LogP contribution in [0.4, 0.5) is 0 Å². The molecule has 3 fully saturated rings. The maximum absolute atomic E-state index is 12.3. The lowest BCUT2D eigenvalue weighted by Crippen LogP contribution is -2.62. The summed E-state index contributed by atoms with van der Waals surface area (Å²) in [5.74, 6) is -1.71. The number of carbonyl (C=O) groups excluding carboxylic acids is 1. The minimum absolute atomic E-state index is 0.137. The van der Waals surface area contributed by atoms with E-state index in [2.05, 4.69) is 0 Å². The maximum atomic E-state index is 12.3. The van der Waals surface area contributed by atoms with Crippen LogP contribution in [0.25, 0.3) is 0 Å². The minimum Gasteiger partial charge on any atom is -0.320 e. The van der Waals surface area contributed by atoms with Crippen LogP contribution < -0.4 is 0 Å². The quantitative estimate of drug-likeness (QED) is 0.852. The first-order chi connectivity index (χ1) is 9.01. The first-order valence-electron chi connectivity index (χ1n) is 6.21. The van der Waals surface area contributed by atoms with E-state index >= 15 is 0 Å². The fourth-order valence-corrected chi connectivity index (χ4v) is 2.32. The van der Waals surface area contributed by atoms with Crippen molar-refractivity contribution in [2.24, 2.45) is 5.41 Å². The zero-order valence-electron chi connectivity index (χ0n) is 10.6. The molecule has 0 N–H and O–H groups in total. The van der Waals surface area contributed by atoms with Crippen molar-refractivity contribution in [3.63, 3.8) is 0 Å². The van der Waals surface area contributed by atoms with Gasteiger partial charge in [0.15, 0.2) is 0 Å². The van der Waals surface area contributed by atoms with Gasteiger partial charge in [0.1, 0.15) is 0 Å². The highest BCUT2D eigenvalue weighted by Gasteiger charge is 2.54. The van der Waals surface area contributed by atoms with Crippen molar-refractivity contribution in [2.75, 3.05) is 19.8 Å². The van der Waals surface area contributed by atoms with Crippen molar-refractivity contribution >= 4 is 17.4 Å². The molecule has 3 aliphatic heterocycles. The Balaban J connectivity index is 1.72. The number of halogens is 1. The molecular formula is C14H15ClO4. The number of hydrogen-bond acceptors (Lipinski definition) is 4. The maximum Gasteiger partial charge on any atom is 0.347 e. The molecule has 1 aromatic carbocycles. The molecule has 3 heterocycles. The van der Waals surface area contributed by atoms with E-state index in [4.69, 9.17) is 25.8 Å². The predicted octanol–water partition coefficient (Wildman–Crippen LogP) is 2.19. The number of benzene rings is 1. The van der Waals surface area contributed by atoms with Crippen LogP contribution in [0, 0.1) is 5.41 Å². The van der Waals surface area contributed by atoms with Gasteiger partial charge >= 0.3 is 5.97 Å². The molecular weight excluding hydrogens is 268 g/mol. The third kappa shape index (κ3) is 2.41. The van der Waals surface area contributed by atoms with E-state index in [1.165, 1.54) is 0 Å². The summed E-state index contributed by atoms with van der Waals surface area (Å²) < 4.78 is 16.5. The Kier molecular flexibility index (Phi) is 3.14. The molecule has 4 rings (SSSR count). The number of fused-ring (bicyclic) bond motifs is 3. The number of carbonyl (C=O) groups is 1. The number of hydrogen-bond donors (Lipinski definition) is 0. The van der Waals surface area contributed by atoms with Crippen LogP contribution in [0.1, 0.15) is 12.5 Å². The Morgan fingerprint density at radius 3 is 2.21 bits per heavy atom. The third-order valence-corrected chi connectivity index (χ3v) is 3.70. The molecule has 19 heavy (non-hydrogen) atoms. The molecule has 0 unspecified atom stereocenters. The summed E-state index contributed by atoms with van der Waals surface area (Å²) in [7, 11) is 0. The Hall–Kier alpha value is -0.940. The van der Waals surface area contributed by atoms with Crippen molar-refractivity contribution < 1.29 is 19.0 Å². The minimum atomic E-state index is -1.50. The molecule has 3 aliphatic rings. The van der Waals surface area contributed by atoms with Crippen molar-refractivity contribution in [2.45, 2.75) is 19.3 Å². The molecule has 4 nitrogen and oxygen atoms in total. The van der Waals surface area contributed by atoms with Gasteiger partial charge < -0.3 is 14.2 Å². The molecule has 0 spiro atoms. The van der Waals surface area contributed by atoms with Crippen LogP contribution in [0.2, 0.25) is 5.02 Å². The Bertz CT molecular complexity index is 472. The second-order valence-corrected chi connectivity index (χ2v) is 5.90. The van der Waals surface area contributed by atoms with Gasteiger partial charge in [-0.1, -0.05) is 30.7 Å². The van der Waals surface area contributed by atoms with Gasteiger partial charge in [-0.15, -0.1) is 0 Å². The summed E-state index contributed by atoms with van der Waals surface area (Å²) in [5, 5.41) is 0.643. The standard InChI is InChI=1S/C14H15ClO4/c1-13-7-17-14(18-8-13,19-9-13)12(16)6-10-2-4-11(15)5-3-10/h2-5H,6-9H2,1H3. The highest BCUT2D eigenvalue weighted by molar-refractivity contribution is 6.30. The fourth-order valence-electron chi connectivity index (χ4n) is 2.20. The first-order valence-corrected chi connectivity index (χ1v) is 6.59. The smallest absolute Gasteiger partial charge is 0.320 e. The van der Waals surface area contributed by atoms with Crippen LogP contribution in [-0.2, 0) is 25.4 Å². The second kappa shape index (κ2) is 4.56. The molecule has 5 heteroatoms. The molecule has 0 atom stereocenters. The molecule has 0 aromatic heterocycles. The molecule has 3 saturated heterocycles. The van der Waals surface area contributed by atoms with Crippen LogP contribution in [0.5, 0.6) is 0 Å². The summed E-state index contributed by atoms with van der Waals surface area (Å²) in [6, 6.07) is 7.13. The average Bonchev–Trinajstić information content (AvgIpc) is 2.42. The lowest BCUT2D eigenvalue weighted by Gasteiger charge is -2.49. The number of rotatable bonds is 3. The van der Waals surface area contributed by atoms with Gasteiger partial charge in [-0.2, -0.15) is 0 Å². The molecule has 1 aromatic rings. The van der Waals surface area contributed by atoms with Gasteiger partial charge in [-0.3, -0.25) is 4.79 Å². The van der Waals surface area contributed by atoms with E-state index in [1.54, 1.807) is 12.1 Å². The summed E-state index contributed by atoms with van der Waals surface area (Å²) in [4.78, 5) is 12.3. The second-order valence-electron chi connectivity index (χ2n) is 5.46. The van der Waals surface area contributed by atoms with Crippen molar-refractivity contribution in [3.8, 4) is 0 Å². The first kappa shape index (κ1) is 13.1. The number of ether oxygens (including phenoxy) is 3. The SMILES string of the molecule is CC12COC(C(=O)Cc3ccc(Cl)cc3)(OC1)OC2. The normalized spacial score (nSPS) is 33.4. The number of ketones is 1. The molecule has 2 bridgehead atoms. The summed E-state index contributed by atoms with van der Waals surface area (Å²) >= 11 is 5.81. The zero-order chi connectivity index (χ0) is 13.5. The molecule has 0 amide bonds. The topological polar surface area (TPSA) is 44.8 Å². The van der Waals surface area contributed by atoms with Crippen LogP contribution in [0.15, 0.2) is 24.3 Å². The summed E-state index contributed by atoms with van der Waals surface area (Å²) in [5.41, 5.74) is 0.723. The zero-order valence-corrected chi connectivity index (χ0v) is 11.4. The lowest BCUT2D eigenvalue weighted by molar-refractivity contribution is -0.439. The van der Waals surface area contributed by atoms with Crippen LogP contribution in [-0.4, -0.2) is 31.6 Å². The molecule has 0 saturated carbocycles. The lowest BCUT2D eigenvalue weighted by atomic mass is 9.91. The highest BCUT2D eigenvalue weighted by Crippen LogP contribution is 2.38. The molecule has 102 valence electrons. The van der Waals surface area contributed by atoms with Crippen LogP contribution in [0.3, 0.4) is 0 Å². The summed E-state index contributed by atoms with van der Waals surface area (Å²) in [6.07, 6.45) is 0.202. The average molecular weight is 283 g/mol. The van der Waals surface area contributed by atoms with Gasteiger partial charge in [-0.25, -0.2) is 0 Å². The van der Waals surface area contributed by atoms with E-state index in [9.17, 15) is 4.79 Å². The largest absolute Gasteiger partial charge is 0.347 e. The van der Waals surface area contributed by atoms with Crippen molar-refractivity contribution in [3.05, 3.63) is 34.9 Å². The molecule has 0 radical (unpaired) electrons. The van der Waals surface area contributed by atoms with Crippen molar-refractivity contribution in [1.29, 1.82) is 0 Å². The molecule has 0 aliphatic carbocycles. The van der Waals surface area contributed by atoms with Gasteiger partial charge in [0.25, 0.3) is 0 Å². The van der Waals surface area contributed by atoms with E-state index in [0.29, 0.717) is 24.8 Å². The van der Waals surface area contributed by atoms with Gasteiger partial charge in [-0.05, 0) is 17.7 Å². The Morgan fingerprint density at radius 1 is 1.16 bits per heavy atom. The monoisotopic (exact) mass is 282 g/mol. The van der Waals surface area contributed by atoms with E-state index in [-0.39, 0.29) is 17.6 Å². The fraction of sp³-hybridized carbons (Fsp3) is 0.500. The predicted molar refractivity (Wildman–Crippen MR) is 68.9 cm³/mol. The van der Waals surface area contributed by atoms with E-state index < -0.39 is 5.97 Å². The van der Waals surface area contributed by atoms with Crippen LogP contribution >= 0.6 is 11.6 Å². The van der Waals surface area contributed by atoms with E-state index in [0.717, 1.165) is 5.56 Å². The summed E-state index contributed by atoms with van der Waals surface area (Å²) in [6.45, 7) is 3.47. The van der Waals surface area contributed by atoms with E-state index in [1.807, 2.05) is 19.1 Å². The Morgan fingerprint density at radius 2 is 1.68 bits per heavy atom. The highest BCUT2D eigenvalue weighted by atomic mass is 35.5. The van der Waals surface area contributed by atoms with Crippen molar-refractivity contribution in [1.82, 2.24) is 0 Å². The van der Waals surface area contributed by atoms with Gasteiger partial charge in [0.2, 0.25) is 5.78 Å². The third-order valence-electron chi connectivity index (χ3n) is 3.45. The Labute approximate surface area is 116 Å². The number of Topliss-reactive ketones (excluding diaryl/α,β-unsaturated/α-hetero) is 1. The van der Waals surface area contributed by atoms with Gasteiger partial charge in [0, 0.05) is 16.9 Å². The van der Waals surface area contributed by atoms with Gasteiger partial charge in [0.05, 0.1) is 19.8 Å².